The fraction of sp³-hybridized carbons (Fsp3) is 0.467. The van der Waals surface area contributed by atoms with Gasteiger partial charge >= 0.3 is 5.97 Å². The molecule has 6 heteroatoms. The van der Waals surface area contributed by atoms with Gasteiger partial charge in [-0.25, -0.2) is 0 Å². The van der Waals surface area contributed by atoms with Crippen LogP contribution < -0.4 is 0 Å². The number of benzene rings is 1. The molecule has 0 bridgehead atoms. The van der Waals surface area contributed by atoms with E-state index in [2.05, 4.69) is 0 Å². The van der Waals surface area contributed by atoms with Crippen molar-refractivity contribution in [1.82, 2.24) is 4.90 Å². The third-order valence-electron chi connectivity index (χ3n) is 4.06. The van der Waals surface area contributed by atoms with E-state index in [1.165, 1.54) is 23.1 Å². The van der Waals surface area contributed by atoms with Crippen molar-refractivity contribution in [3.8, 4) is 11.5 Å². The smallest absolute Gasteiger partial charge is 0.311 e. The molecule has 1 aliphatic rings. The minimum atomic E-state index is -0.926. The number of likely N-dealkylation sites (tertiary alicyclic amines) is 1. The molecule has 1 aliphatic heterocycles. The van der Waals surface area contributed by atoms with E-state index in [0.29, 0.717) is 19.4 Å². The summed E-state index contributed by atoms with van der Waals surface area (Å²) in [5.74, 6) is -2.04. The molecular formula is C15H19NO5. The van der Waals surface area contributed by atoms with Crippen LogP contribution in [0.2, 0.25) is 0 Å². The number of hydrogen-bond donors (Lipinski definition) is 3. The minimum absolute atomic E-state index is 0.1000. The average Bonchev–Trinajstić information content (AvgIpc) is 2.84. The van der Waals surface area contributed by atoms with Crippen LogP contribution >= 0.6 is 0 Å². The standard InChI is InChI=1S/C15H19NO5/c1-2-6-15(14(20)21)7-8-16(9-15)13(19)12-10(17)4-3-5-11(12)18/h3-5,17-18H,2,6-9H2,1H3,(H,20,21). The molecule has 1 saturated heterocycles. The summed E-state index contributed by atoms with van der Waals surface area (Å²) in [5, 5.41) is 28.9. The zero-order chi connectivity index (χ0) is 15.6. The lowest BCUT2D eigenvalue weighted by Gasteiger charge is -2.24. The Hall–Kier alpha value is -2.24. The Kier molecular flexibility index (Phi) is 4.06. The summed E-state index contributed by atoms with van der Waals surface area (Å²) in [7, 11) is 0. The summed E-state index contributed by atoms with van der Waals surface area (Å²) in [5.41, 5.74) is -1.10. The van der Waals surface area contributed by atoms with Crippen LogP contribution in [0.25, 0.3) is 0 Å². The number of carbonyl (C=O) groups is 2. The Morgan fingerprint density at radius 3 is 2.43 bits per heavy atom. The van der Waals surface area contributed by atoms with Gasteiger partial charge in [0.25, 0.3) is 5.91 Å². The summed E-state index contributed by atoms with van der Waals surface area (Å²) < 4.78 is 0. The zero-order valence-corrected chi connectivity index (χ0v) is 11.9. The number of carboxylic acid groups (broad SMARTS) is 1. The highest BCUT2D eigenvalue weighted by molar-refractivity contribution is 6.00. The number of hydrogen-bond acceptors (Lipinski definition) is 4. The molecule has 0 aliphatic carbocycles. The highest BCUT2D eigenvalue weighted by Gasteiger charge is 2.46. The van der Waals surface area contributed by atoms with Crippen LogP contribution in [0.4, 0.5) is 0 Å². The van der Waals surface area contributed by atoms with Gasteiger partial charge in [-0.15, -0.1) is 0 Å². The molecule has 114 valence electrons. The third kappa shape index (κ3) is 2.66. The number of phenolic OH excluding ortho intramolecular Hbond substituents is 2. The molecule has 21 heavy (non-hydrogen) atoms. The van der Waals surface area contributed by atoms with Crippen LogP contribution in [0, 0.1) is 5.41 Å². The zero-order valence-electron chi connectivity index (χ0n) is 11.9. The molecule has 1 unspecified atom stereocenters. The summed E-state index contributed by atoms with van der Waals surface area (Å²) in [6, 6.07) is 4.07. The first kappa shape index (κ1) is 15.2. The van der Waals surface area contributed by atoms with Crippen molar-refractivity contribution < 1.29 is 24.9 Å². The van der Waals surface area contributed by atoms with Crippen molar-refractivity contribution in [2.75, 3.05) is 13.1 Å². The van der Waals surface area contributed by atoms with Gasteiger partial charge in [-0.2, -0.15) is 0 Å². The lowest BCUT2D eigenvalue weighted by molar-refractivity contribution is -0.148. The SMILES string of the molecule is CCCC1(C(=O)O)CCN(C(=O)c2c(O)cccc2O)C1. The molecule has 0 aromatic heterocycles. The predicted octanol–water partition coefficient (Wildman–Crippen LogP) is 1.81. The number of aliphatic carboxylic acids is 1. The Morgan fingerprint density at radius 1 is 1.29 bits per heavy atom. The predicted molar refractivity (Wildman–Crippen MR) is 75.3 cm³/mol. The number of carbonyl (C=O) groups excluding carboxylic acids is 1. The molecule has 1 atom stereocenters. The summed E-state index contributed by atoms with van der Waals surface area (Å²) in [4.78, 5) is 25.3. The minimum Gasteiger partial charge on any atom is -0.507 e. The number of amides is 1. The molecule has 3 N–H and O–H groups in total. The lowest BCUT2D eigenvalue weighted by atomic mass is 9.83. The Bertz CT molecular complexity index is 551. The quantitative estimate of drug-likeness (QED) is 0.786. The van der Waals surface area contributed by atoms with Gasteiger partial charge in [-0.3, -0.25) is 9.59 Å². The second-order valence-electron chi connectivity index (χ2n) is 5.48. The molecule has 1 fully saturated rings. The first-order valence-corrected chi connectivity index (χ1v) is 6.95. The number of phenols is 2. The van der Waals surface area contributed by atoms with Gasteiger partial charge in [0.2, 0.25) is 0 Å². The van der Waals surface area contributed by atoms with Gasteiger partial charge in [0.05, 0.1) is 5.41 Å². The van der Waals surface area contributed by atoms with Gasteiger partial charge in [0.15, 0.2) is 0 Å². The second kappa shape index (κ2) is 5.63. The van der Waals surface area contributed by atoms with Crippen LogP contribution in [0.1, 0.15) is 36.5 Å². The third-order valence-corrected chi connectivity index (χ3v) is 4.06. The Morgan fingerprint density at radius 2 is 1.90 bits per heavy atom. The van der Waals surface area contributed by atoms with Crippen molar-refractivity contribution >= 4 is 11.9 Å². The van der Waals surface area contributed by atoms with Gasteiger partial charge < -0.3 is 20.2 Å². The van der Waals surface area contributed by atoms with Crippen LogP contribution in [-0.4, -0.2) is 45.2 Å². The highest BCUT2D eigenvalue weighted by Crippen LogP contribution is 2.38. The molecule has 0 radical (unpaired) electrons. The number of carboxylic acids is 1. The first-order chi connectivity index (χ1) is 9.91. The fourth-order valence-corrected chi connectivity index (χ4v) is 2.92. The topological polar surface area (TPSA) is 98.1 Å². The number of nitrogens with zero attached hydrogens (tertiary/aromatic N) is 1. The molecule has 1 aromatic carbocycles. The molecule has 0 saturated carbocycles. The summed E-state index contributed by atoms with van der Waals surface area (Å²) >= 11 is 0. The van der Waals surface area contributed by atoms with E-state index in [4.69, 9.17) is 0 Å². The number of rotatable bonds is 4. The lowest BCUT2D eigenvalue weighted by Crippen LogP contribution is -2.37. The summed E-state index contributed by atoms with van der Waals surface area (Å²) in [6.45, 7) is 2.31. The number of aromatic hydroxyl groups is 2. The van der Waals surface area contributed by atoms with E-state index < -0.39 is 17.3 Å². The molecule has 1 heterocycles. The molecule has 0 spiro atoms. The van der Waals surface area contributed by atoms with Gasteiger partial charge in [-0.1, -0.05) is 19.4 Å². The second-order valence-corrected chi connectivity index (χ2v) is 5.48. The monoisotopic (exact) mass is 293 g/mol. The van der Waals surface area contributed by atoms with Crippen LogP contribution in [0.3, 0.4) is 0 Å². The Balaban J connectivity index is 2.25. The van der Waals surface area contributed by atoms with Crippen molar-refractivity contribution in [2.24, 2.45) is 5.41 Å². The maximum Gasteiger partial charge on any atom is 0.311 e. The van der Waals surface area contributed by atoms with Crippen LogP contribution in [0.5, 0.6) is 11.5 Å². The van der Waals surface area contributed by atoms with E-state index in [-0.39, 0.29) is 23.6 Å². The van der Waals surface area contributed by atoms with Gasteiger partial charge in [0, 0.05) is 13.1 Å². The first-order valence-electron chi connectivity index (χ1n) is 6.95. The van der Waals surface area contributed by atoms with E-state index in [9.17, 15) is 24.9 Å². The molecule has 6 nitrogen and oxygen atoms in total. The fourth-order valence-electron chi connectivity index (χ4n) is 2.92. The van der Waals surface area contributed by atoms with Crippen molar-refractivity contribution in [2.45, 2.75) is 26.2 Å². The van der Waals surface area contributed by atoms with E-state index in [1.807, 2.05) is 6.92 Å². The molecule has 2 rings (SSSR count). The normalized spacial score (nSPS) is 21.5. The highest BCUT2D eigenvalue weighted by atomic mass is 16.4. The van der Waals surface area contributed by atoms with E-state index >= 15 is 0 Å². The van der Waals surface area contributed by atoms with Crippen molar-refractivity contribution in [3.05, 3.63) is 23.8 Å². The largest absolute Gasteiger partial charge is 0.507 e. The van der Waals surface area contributed by atoms with Crippen LogP contribution in [0.15, 0.2) is 18.2 Å². The van der Waals surface area contributed by atoms with Gasteiger partial charge in [-0.05, 0) is 25.0 Å². The maximum absolute atomic E-state index is 12.4. The van der Waals surface area contributed by atoms with Crippen molar-refractivity contribution in [1.29, 1.82) is 0 Å². The average molecular weight is 293 g/mol. The van der Waals surface area contributed by atoms with E-state index in [1.54, 1.807) is 0 Å². The van der Waals surface area contributed by atoms with Crippen molar-refractivity contribution in [3.63, 3.8) is 0 Å². The van der Waals surface area contributed by atoms with Crippen LogP contribution in [-0.2, 0) is 4.79 Å². The Labute approximate surface area is 122 Å². The van der Waals surface area contributed by atoms with E-state index in [0.717, 1.165) is 6.42 Å². The van der Waals surface area contributed by atoms with Gasteiger partial charge in [0.1, 0.15) is 17.1 Å². The maximum atomic E-state index is 12.4. The summed E-state index contributed by atoms with van der Waals surface area (Å²) in [6.07, 6.45) is 1.60. The molecule has 1 aromatic rings. The molecule has 1 amide bonds. The molecular weight excluding hydrogens is 274 g/mol.